The minimum atomic E-state index is -3.72. The average molecular weight is 255 g/mol. The third-order valence-corrected chi connectivity index (χ3v) is 3.82. The van der Waals surface area contributed by atoms with Gasteiger partial charge in [-0.1, -0.05) is 38.5 Å². The molecule has 1 N–H and O–H groups in total. The molecule has 94 valence electrons. The summed E-state index contributed by atoms with van der Waals surface area (Å²) in [6.07, 6.45) is 1.52. The Bertz CT molecular complexity index is 468. The summed E-state index contributed by atoms with van der Waals surface area (Å²) < 4.78 is 25.7. The number of benzene rings is 1. The van der Waals surface area contributed by atoms with Gasteiger partial charge in [-0.05, 0) is 18.6 Å². The molecule has 0 bridgehead atoms. The molecule has 0 aliphatic heterocycles. The Morgan fingerprint density at radius 2 is 1.88 bits per heavy atom. The van der Waals surface area contributed by atoms with Gasteiger partial charge in [0.05, 0.1) is 4.90 Å². The maximum Gasteiger partial charge on any atom is 0.264 e. The lowest BCUT2D eigenvalue weighted by molar-refractivity contribution is -0.122. The van der Waals surface area contributed by atoms with E-state index >= 15 is 0 Å². The topological polar surface area (TPSA) is 63.2 Å². The molecule has 1 aromatic carbocycles. The van der Waals surface area contributed by atoms with Crippen molar-refractivity contribution < 1.29 is 13.2 Å². The number of nitrogens with one attached hydrogen (secondary N) is 1. The van der Waals surface area contributed by atoms with Gasteiger partial charge >= 0.3 is 0 Å². The normalized spacial score (nSPS) is 13.1. The van der Waals surface area contributed by atoms with E-state index in [0.29, 0.717) is 6.42 Å². The van der Waals surface area contributed by atoms with Crippen molar-refractivity contribution in [3.05, 3.63) is 30.3 Å². The van der Waals surface area contributed by atoms with Crippen molar-refractivity contribution in [1.82, 2.24) is 4.72 Å². The van der Waals surface area contributed by atoms with Gasteiger partial charge in [0.25, 0.3) is 10.0 Å². The van der Waals surface area contributed by atoms with Crippen molar-refractivity contribution in [2.45, 2.75) is 31.6 Å². The van der Waals surface area contributed by atoms with Crippen LogP contribution in [-0.2, 0) is 14.8 Å². The molecule has 1 atom stereocenters. The Balaban J connectivity index is 2.78. The first kappa shape index (κ1) is 13.7. The Kier molecular flexibility index (Phi) is 4.69. The predicted octanol–water partition coefficient (Wildman–Crippen LogP) is 1.93. The summed E-state index contributed by atoms with van der Waals surface area (Å²) >= 11 is 0. The third-order valence-electron chi connectivity index (χ3n) is 2.46. The number of hydrogen-bond donors (Lipinski definition) is 1. The first-order valence-electron chi connectivity index (χ1n) is 5.59. The maximum absolute atomic E-state index is 11.8. The number of hydrogen-bond acceptors (Lipinski definition) is 3. The highest BCUT2D eigenvalue weighted by Crippen LogP contribution is 2.10. The molecule has 0 aromatic heterocycles. The Hall–Kier alpha value is -1.36. The van der Waals surface area contributed by atoms with Gasteiger partial charge in [-0.15, -0.1) is 0 Å². The van der Waals surface area contributed by atoms with Crippen LogP contribution in [0, 0.1) is 5.92 Å². The Morgan fingerprint density at radius 3 is 2.41 bits per heavy atom. The second kappa shape index (κ2) is 5.82. The fraction of sp³-hybridized carbons (Fsp3) is 0.417. The van der Waals surface area contributed by atoms with Gasteiger partial charge in [0.1, 0.15) is 0 Å². The molecule has 0 fully saturated rings. The minimum absolute atomic E-state index is 0.108. The highest BCUT2D eigenvalue weighted by Gasteiger charge is 2.20. The molecule has 0 saturated heterocycles. The van der Waals surface area contributed by atoms with Crippen LogP contribution in [-0.4, -0.2) is 14.3 Å². The van der Waals surface area contributed by atoms with E-state index in [1.54, 1.807) is 25.1 Å². The van der Waals surface area contributed by atoms with Crippen molar-refractivity contribution in [3.8, 4) is 0 Å². The zero-order chi connectivity index (χ0) is 12.9. The average Bonchev–Trinajstić information content (AvgIpc) is 2.30. The Labute approximate surface area is 102 Å². The van der Waals surface area contributed by atoms with Gasteiger partial charge in [-0.3, -0.25) is 4.79 Å². The highest BCUT2D eigenvalue weighted by molar-refractivity contribution is 7.90. The monoisotopic (exact) mass is 255 g/mol. The van der Waals surface area contributed by atoms with Gasteiger partial charge in [0.15, 0.2) is 0 Å². The van der Waals surface area contributed by atoms with Gasteiger partial charge in [-0.2, -0.15) is 0 Å². The fourth-order valence-electron chi connectivity index (χ4n) is 1.46. The van der Waals surface area contributed by atoms with E-state index < -0.39 is 15.9 Å². The molecule has 0 spiro atoms. The van der Waals surface area contributed by atoms with Crippen LogP contribution in [0.4, 0.5) is 0 Å². The molecule has 0 aliphatic rings. The van der Waals surface area contributed by atoms with E-state index in [9.17, 15) is 13.2 Å². The van der Waals surface area contributed by atoms with Crippen LogP contribution in [0.5, 0.6) is 0 Å². The van der Waals surface area contributed by atoms with Gasteiger partial charge in [-0.25, -0.2) is 13.1 Å². The number of sulfonamides is 1. The summed E-state index contributed by atoms with van der Waals surface area (Å²) in [6.45, 7) is 3.68. The summed E-state index contributed by atoms with van der Waals surface area (Å²) in [5.41, 5.74) is 0. The van der Waals surface area contributed by atoms with Gasteiger partial charge in [0.2, 0.25) is 5.91 Å². The third kappa shape index (κ3) is 3.85. The van der Waals surface area contributed by atoms with E-state index in [1.165, 1.54) is 12.1 Å². The van der Waals surface area contributed by atoms with Crippen molar-refractivity contribution >= 4 is 15.9 Å². The molecule has 1 rings (SSSR count). The summed E-state index contributed by atoms with van der Waals surface area (Å²) in [4.78, 5) is 11.7. The molecule has 0 radical (unpaired) electrons. The SMILES string of the molecule is CCC[C@H](C)C(=O)NS(=O)(=O)c1ccccc1. The van der Waals surface area contributed by atoms with E-state index in [2.05, 4.69) is 4.72 Å². The van der Waals surface area contributed by atoms with Gasteiger partial charge < -0.3 is 0 Å². The number of rotatable bonds is 5. The largest absolute Gasteiger partial charge is 0.274 e. The van der Waals surface area contributed by atoms with Crippen LogP contribution >= 0.6 is 0 Å². The first-order chi connectivity index (χ1) is 7.97. The molecule has 0 heterocycles. The number of amides is 1. The lowest BCUT2D eigenvalue weighted by Gasteiger charge is -2.11. The van der Waals surface area contributed by atoms with Crippen LogP contribution < -0.4 is 4.72 Å². The zero-order valence-corrected chi connectivity index (χ0v) is 10.8. The van der Waals surface area contributed by atoms with Crippen LogP contribution in [0.15, 0.2) is 35.2 Å². The first-order valence-corrected chi connectivity index (χ1v) is 7.07. The molecule has 1 aromatic rings. The standard InChI is InChI=1S/C12H17NO3S/c1-3-7-10(2)12(14)13-17(15,16)11-8-5-4-6-9-11/h4-6,8-10H,3,7H2,1-2H3,(H,13,14)/t10-/m0/s1. The van der Waals surface area contributed by atoms with E-state index in [4.69, 9.17) is 0 Å². The predicted molar refractivity (Wildman–Crippen MR) is 65.8 cm³/mol. The number of carbonyl (C=O) groups excluding carboxylic acids is 1. The highest BCUT2D eigenvalue weighted by atomic mass is 32.2. The molecule has 4 nitrogen and oxygen atoms in total. The van der Waals surface area contributed by atoms with Crippen molar-refractivity contribution in [1.29, 1.82) is 0 Å². The van der Waals surface area contributed by atoms with Gasteiger partial charge in [0, 0.05) is 5.92 Å². The number of carbonyl (C=O) groups is 1. The zero-order valence-electron chi connectivity index (χ0n) is 10.0. The van der Waals surface area contributed by atoms with Crippen LogP contribution in [0.25, 0.3) is 0 Å². The molecule has 0 unspecified atom stereocenters. The van der Waals surface area contributed by atoms with E-state index in [1.807, 2.05) is 6.92 Å². The lowest BCUT2D eigenvalue weighted by Crippen LogP contribution is -2.34. The van der Waals surface area contributed by atoms with Crippen molar-refractivity contribution in [2.75, 3.05) is 0 Å². The molecular formula is C12H17NO3S. The smallest absolute Gasteiger partial charge is 0.264 e. The summed E-state index contributed by atoms with van der Waals surface area (Å²) in [7, 11) is -3.72. The quantitative estimate of drug-likeness (QED) is 0.874. The fourth-order valence-corrected chi connectivity index (χ4v) is 2.56. The van der Waals surface area contributed by atoms with E-state index in [-0.39, 0.29) is 10.8 Å². The second-order valence-corrected chi connectivity index (χ2v) is 5.65. The molecule has 0 saturated carbocycles. The summed E-state index contributed by atoms with van der Waals surface area (Å²) in [5, 5.41) is 0. The van der Waals surface area contributed by atoms with Crippen LogP contribution in [0.1, 0.15) is 26.7 Å². The maximum atomic E-state index is 11.8. The van der Waals surface area contributed by atoms with Crippen LogP contribution in [0.2, 0.25) is 0 Å². The van der Waals surface area contributed by atoms with E-state index in [0.717, 1.165) is 6.42 Å². The molecular weight excluding hydrogens is 238 g/mol. The van der Waals surface area contributed by atoms with Crippen molar-refractivity contribution in [2.24, 2.45) is 5.92 Å². The summed E-state index contributed by atoms with van der Waals surface area (Å²) in [5.74, 6) is -0.741. The lowest BCUT2D eigenvalue weighted by atomic mass is 10.1. The molecule has 5 heteroatoms. The van der Waals surface area contributed by atoms with Crippen LogP contribution in [0.3, 0.4) is 0 Å². The minimum Gasteiger partial charge on any atom is -0.274 e. The molecule has 0 aliphatic carbocycles. The summed E-state index contributed by atoms with van der Waals surface area (Å²) in [6, 6.07) is 7.88. The molecule has 1 amide bonds. The second-order valence-electron chi connectivity index (χ2n) is 3.97. The molecule has 17 heavy (non-hydrogen) atoms. The Morgan fingerprint density at radius 1 is 1.29 bits per heavy atom. The van der Waals surface area contributed by atoms with Crippen molar-refractivity contribution in [3.63, 3.8) is 0 Å².